The van der Waals surface area contributed by atoms with E-state index in [0.717, 1.165) is 0 Å². The lowest BCUT2D eigenvalue weighted by Crippen LogP contribution is -2.04. The molecule has 21 heavy (non-hydrogen) atoms. The van der Waals surface area contributed by atoms with Crippen LogP contribution in [0.15, 0.2) is 58.3 Å². The van der Waals surface area contributed by atoms with Gasteiger partial charge in [0.2, 0.25) is 9.84 Å². The molecule has 112 valence electrons. The summed E-state index contributed by atoms with van der Waals surface area (Å²) >= 11 is 5.93. The van der Waals surface area contributed by atoms with Crippen LogP contribution in [0.25, 0.3) is 0 Å². The summed E-state index contributed by atoms with van der Waals surface area (Å²) in [5.41, 5.74) is 0.715. The minimum absolute atomic E-state index is 0.149. The van der Waals surface area contributed by atoms with Gasteiger partial charge in [-0.1, -0.05) is 41.9 Å². The van der Waals surface area contributed by atoms with Crippen LogP contribution in [0.3, 0.4) is 0 Å². The minimum atomic E-state index is -3.53. The molecule has 0 saturated carbocycles. The quantitative estimate of drug-likeness (QED) is 0.836. The first-order chi connectivity index (χ1) is 9.76. The zero-order valence-corrected chi connectivity index (χ0v) is 13.7. The predicted octanol–water partition coefficient (Wildman–Crippen LogP) is 4.08. The van der Waals surface area contributed by atoms with E-state index in [9.17, 15) is 13.2 Å². The van der Waals surface area contributed by atoms with Gasteiger partial charge in [-0.15, -0.1) is 0 Å². The largest absolute Gasteiger partial charge is 0.300 e. The smallest absolute Gasteiger partial charge is 0.208 e. The monoisotopic (exact) mass is 324 g/mol. The summed E-state index contributed by atoms with van der Waals surface area (Å²) in [6, 6.07) is 13.3. The van der Waals surface area contributed by atoms with Gasteiger partial charge in [-0.2, -0.15) is 0 Å². The number of ketones is 1. The SMILES string of the molecule is CC(C)=O.Cc1ccccc1S(=O)(=O)c1ccccc1Cl. The highest BCUT2D eigenvalue weighted by atomic mass is 35.5. The van der Waals surface area contributed by atoms with Crippen LogP contribution in [-0.2, 0) is 14.6 Å². The summed E-state index contributed by atoms with van der Waals surface area (Å²) in [5, 5.41) is 0.246. The first-order valence-electron chi connectivity index (χ1n) is 6.29. The molecule has 2 aromatic rings. The van der Waals surface area contributed by atoms with Crippen LogP contribution in [0, 0.1) is 6.92 Å². The topological polar surface area (TPSA) is 51.2 Å². The molecule has 0 aliphatic rings. The number of benzene rings is 2. The first-order valence-corrected chi connectivity index (χ1v) is 8.15. The van der Waals surface area contributed by atoms with E-state index in [4.69, 9.17) is 11.6 Å². The molecule has 0 aromatic heterocycles. The number of hydrogen-bond donors (Lipinski definition) is 0. The van der Waals surface area contributed by atoms with Gasteiger partial charge in [0.1, 0.15) is 5.78 Å². The summed E-state index contributed by atoms with van der Waals surface area (Å²) in [4.78, 5) is 9.89. The molecular weight excluding hydrogens is 308 g/mol. The molecule has 0 aliphatic carbocycles. The van der Waals surface area contributed by atoms with E-state index in [2.05, 4.69) is 0 Å². The lowest BCUT2D eigenvalue weighted by Gasteiger charge is -2.08. The van der Waals surface area contributed by atoms with E-state index < -0.39 is 9.84 Å². The van der Waals surface area contributed by atoms with Gasteiger partial charge in [-0.05, 0) is 44.5 Å². The van der Waals surface area contributed by atoms with Gasteiger partial charge < -0.3 is 4.79 Å². The third-order valence-corrected chi connectivity index (χ3v) is 4.92. The predicted molar refractivity (Wildman–Crippen MR) is 84.4 cm³/mol. The summed E-state index contributed by atoms with van der Waals surface area (Å²) in [7, 11) is -3.53. The molecule has 0 unspecified atom stereocenters. The summed E-state index contributed by atoms with van der Waals surface area (Å²) in [6.07, 6.45) is 0. The van der Waals surface area contributed by atoms with Crippen molar-refractivity contribution in [2.45, 2.75) is 30.6 Å². The average molecular weight is 325 g/mol. The third kappa shape index (κ3) is 4.69. The first kappa shape index (κ1) is 17.4. The van der Waals surface area contributed by atoms with Gasteiger partial charge in [0.05, 0.1) is 14.8 Å². The second kappa shape index (κ2) is 7.38. The van der Waals surface area contributed by atoms with Crippen molar-refractivity contribution in [2.75, 3.05) is 0 Å². The van der Waals surface area contributed by atoms with Crippen LogP contribution in [0.2, 0.25) is 5.02 Å². The van der Waals surface area contributed by atoms with Gasteiger partial charge >= 0.3 is 0 Å². The number of sulfone groups is 1. The van der Waals surface area contributed by atoms with Crippen molar-refractivity contribution < 1.29 is 13.2 Å². The fraction of sp³-hybridized carbons (Fsp3) is 0.188. The Kier molecular flexibility index (Phi) is 6.12. The van der Waals surface area contributed by atoms with Gasteiger partial charge in [-0.3, -0.25) is 0 Å². The van der Waals surface area contributed by atoms with Crippen molar-refractivity contribution >= 4 is 27.2 Å². The molecule has 2 rings (SSSR count). The number of hydrogen-bond acceptors (Lipinski definition) is 3. The molecular formula is C16H17ClO3S. The highest BCUT2D eigenvalue weighted by Gasteiger charge is 2.21. The van der Waals surface area contributed by atoms with E-state index in [-0.39, 0.29) is 15.7 Å². The molecule has 0 radical (unpaired) electrons. The zero-order chi connectivity index (χ0) is 16.0. The van der Waals surface area contributed by atoms with E-state index in [1.54, 1.807) is 49.4 Å². The van der Waals surface area contributed by atoms with Gasteiger partial charge in [0.25, 0.3) is 0 Å². The van der Waals surface area contributed by atoms with Gasteiger partial charge in [0, 0.05) is 0 Å². The number of carbonyl (C=O) groups is 1. The number of aryl methyl sites for hydroxylation is 1. The second-order valence-electron chi connectivity index (χ2n) is 4.61. The molecule has 0 aliphatic heterocycles. The highest BCUT2D eigenvalue weighted by Crippen LogP contribution is 2.28. The summed E-state index contributed by atoms with van der Waals surface area (Å²) < 4.78 is 24.8. The molecule has 0 atom stereocenters. The lowest BCUT2D eigenvalue weighted by atomic mass is 10.2. The standard InChI is InChI=1S/C13H11ClO2S.C3H6O/c1-10-6-2-4-8-12(10)17(15,16)13-9-5-3-7-11(13)14;1-3(2)4/h2-9H,1H3;1-2H3. The normalized spacial score (nSPS) is 10.5. The molecule has 0 fully saturated rings. The van der Waals surface area contributed by atoms with Crippen LogP contribution < -0.4 is 0 Å². The Hall–Kier alpha value is -1.65. The van der Waals surface area contributed by atoms with E-state index in [1.807, 2.05) is 0 Å². The number of rotatable bonds is 2. The van der Waals surface area contributed by atoms with Crippen LogP contribution in [0.4, 0.5) is 0 Å². The molecule has 0 heterocycles. The Bertz CT molecular complexity index is 681. The zero-order valence-electron chi connectivity index (χ0n) is 12.1. The fourth-order valence-corrected chi connectivity index (χ4v) is 3.65. The van der Waals surface area contributed by atoms with Crippen molar-refractivity contribution in [1.82, 2.24) is 0 Å². The molecule has 2 aromatic carbocycles. The lowest BCUT2D eigenvalue weighted by molar-refractivity contribution is -0.114. The molecule has 0 amide bonds. The van der Waals surface area contributed by atoms with Crippen LogP contribution in [0.5, 0.6) is 0 Å². The van der Waals surface area contributed by atoms with Crippen LogP contribution in [0.1, 0.15) is 19.4 Å². The molecule has 0 saturated heterocycles. The fourth-order valence-electron chi connectivity index (χ4n) is 1.64. The number of halogens is 1. The van der Waals surface area contributed by atoms with Gasteiger partial charge in [0.15, 0.2) is 0 Å². The maximum absolute atomic E-state index is 12.4. The molecule has 5 heteroatoms. The average Bonchev–Trinajstić information content (AvgIpc) is 2.38. The maximum atomic E-state index is 12.4. The minimum Gasteiger partial charge on any atom is -0.300 e. The van der Waals surface area contributed by atoms with Crippen molar-refractivity contribution in [3.63, 3.8) is 0 Å². The van der Waals surface area contributed by atoms with E-state index in [1.165, 1.54) is 19.9 Å². The number of Topliss-reactive ketones (excluding diaryl/α,β-unsaturated/α-hetero) is 1. The summed E-state index contributed by atoms with van der Waals surface area (Å²) in [5.74, 6) is 0.167. The highest BCUT2D eigenvalue weighted by molar-refractivity contribution is 7.91. The molecule has 0 N–H and O–H groups in total. The summed E-state index contributed by atoms with van der Waals surface area (Å²) in [6.45, 7) is 4.82. The number of carbonyl (C=O) groups excluding carboxylic acids is 1. The van der Waals surface area contributed by atoms with Crippen molar-refractivity contribution in [3.8, 4) is 0 Å². The maximum Gasteiger partial charge on any atom is 0.208 e. The van der Waals surface area contributed by atoms with E-state index >= 15 is 0 Å². The van der Waals surface area contributed by atoms with Crippen molar-refractivity contribution in [3.05, 3.63) is 59.1 Å². The Morgan fingerprint density at radius 1 is 0.905 bits per heavy atom. The van der Waals surface area contributed by atoms with Crippen LogP contribution >= 0.6 is 11.6 Å². The Morgan fingerprint density at radius 2 is 1.33 bits per heavy atom. The third-order valence-electron chi connectivity index (χ3n) is 2.51. The molecule has 0 bridgehead atoms. The Morgan fingerprint density at radius 3 is 1.81 bits per heavy atom. The Balaban J connectivity index is 0.000000491. The van der Waals surface area contributed by atoms with Crippen LogP contribution in [-0.4, -0.2) is 14.2 Å². The molecule has 3 nitrogen and oxygen atoms in total. The Labute approximate surface area is 130 Å². The second-order valence-corrected chi connectivity index (χ2v) is 6.90. The van der Waals surface area contributed by atoms with Crippen molar-refractivity contribution in [2.24, 2.45) is 0 Å². The van der Waals surface area contributed by atoms with Crippen molar-refractivity contribution in [1.29, 1.82) is 0 Å². The van der Waals surface area contributed by atoms with E-state index in [0.29, 0.717) is 10.5 Å². The van der Waals surface area contributed by atoms with Gasteiger partial charge in [-0.25, -0.2) is 8.42 Å². The molecule has 0 spiro atoms.